The number of H-pyrrole nitrogens is 1. The van der Waals surface area contributed by atoms with Crippen LogP contribution in [0.25, 0.3) is 10.9 Å². The first-order chi connectivity index (χ1) is 14.1. The number of hydrogen-bond acceptors (Lipinski definition) is 4. The summed E-state index contributed by atoms with van der Waals surface area (Å²) in [6.45, 7) is 0.639. The Labute approximate surface area is 171 Å². The second kappa shape index (κ2) is 8.74. The number of hydrogen-bond donors (Lipinski definition) is 2. The molecule has 2 atom stereocenters. The molecule has 0 spiro atoms. The van der Waals surface area contributed by atoms with Crippen LogP contribution in [0.15, 0.2) is 48.9 Å². The molecule has 1 aromatic carbocycles. The van der Waals surface area contributed by atoms with Gasteiger partial charge >= 0.3 is 0 Å². The van der Waals surface area contributed by atoms with Crippen LogP contribution in [0.5, 0.6) is 0 Å². The predicted octanol–water partition coefficient (Wildman–Crippen LogP) is 3.13. The van der Waals surface area contributed by atoms with E-state index in [1.807, 2.05) is 18.5 Å². The van der Waals surface area contributed by atoms with E-state index >= 15 is 0 Å². The van der Waals surface area contributed by atoms with E-state index in [0.29, 0.717) is 18.9 Å². The van der Waals surface area contributed by atoms with Gasteiger partial charge in [-0.3, -0.25) is 14.9 Å². The van der Waals surface area contributed by atoms with Crippen molar-refractivity contribution in [3.8, 4) is 0 Å². The monoisotopic (exact) mass is 391 g/mol. The van der Waals surface area contributed by atoms with E-state index in [0.717, 1.165) is 17.3 Å². The molecule has 0 saturated heterocycles. The van der Waals surface area contributed by atoms with Crippen molar-refractivity contribution in [1.29, 1.82) is 0 Å². The van der Waals surface area contributed by atoms with E-state index in [9.17, 15) is 4.79 Å². The minimum Gasteiger partial charge on any atom is -0.355 e. The quantitative estimate of drug-likeness (QED) is 0.588. The Morgan fingerprint density at radius 2 is 2.14 bits per heavy atom. The van der Waals surface area contributed by atoms with Crippen molar-refractivity contribution in [1.82, 2.24) is 25.4 Å². The number of fused-ring (bicyclic) bond motifs is 1. The molecule has 1 fully saturated rings. The number of rotatable bonds is 9. The molecule has 6 nitrogen and oxygen atoms in total. The van der Waals surface area contributed by atoms with Gasteiger partial charge in [0.25, 0.3) is 0 Å². The Morgan fingerprint density at radius 3 is 2.86 bits per heavy atom. The van der Waals surface area contributed by atoms with E-state index in [4.69, 9.17) is 0 Å². The van der Waals surface area contributed by atoms with Crippen molar-refractivity contribution in [3.63, 3.8) is 0 Å². The van der Waals surface area contributed by atoms with Crippen LogP contribution in [0, 0.1) is 5.92 Å². The summed E-state index contributed by atoms with van der Waals surface area (Å²) in [5, 5.41) is 11.4. The average Bonchev–Trinajstić information content (AvgIpc) is 3.46. The molecule has 6 heteroatoms. The highest BCUT2D eigenvalue weighted by Crippen LogP contribution is 2.44. The molecule has 0 bridgehead atoms. The fourth-order valence-electron chi connectivity index (χ4n) is 3.98. The summed E-state index contributed by atoms with van der Waals surface area (Å²) in [4.78, 5) is 19.1. The summed E-state index contributed by atoms with van der Waals surface area (Å²) in [5.41, 5.74) is 3.48. The minimum absolute atomic E-state index is 0.128. The number of likely N-dealkylation sites (N-methyl/N-ethyl adjacent to an activating group) is 1. The van der Waals surface area contributed by atoms with Gasteiger partial charge in [-0.25, -0.2) is 0 Å². The molecule has 3 aromatic rings. The molecule has 2 aromatic heterocycles. The van der Waals surface area contributed by atoms with Crippen LogP contribution in [0.3, 0.4) is 0 Å². The van der Waals surface area contributed by atoms with Crippen LogP contribution in [0.4, 0.5) is 0 Å². The number of aromatic nitrogens is 3. The molecule has 29 heavy (non-hydrogen) atoms. The van der Waals surface area contributed by atoms with Crippen LogP contribution in [-0.4, -0.2) is 52.7 Å². The molecule has 4 rings (SSSR count). The van der Waals surface area contributed by atoms with Crippen molar-refractivity contribution >= 4 is 16.8 Å². The lowest BCUT2D eigenvalue weighted by molar-refractivity contribution is -0.121. The lowest BCUT2D eigenvalue weighted by Gasteiger charge is -2.25. The molecule has 0 radical (unpaired) electrons. The van der Waals surface area contributed by atoms with Crippen molar-refractivity contribution in [2.45, 2.75) is 37.6 Å². The van der Waals surface area contributed by atoms with Gasteiger partial charge in [-0.1, -0.05) is 12.1 Å². The number of pyridine rings is 1. The Kier molecular flexibility index (Phi) is 5.90. The molecule has 2 unspecified atom stereocenters. The Bertz CT molecular complexity index is 948. The summed E-state index contributed by atoms with van der Waals surface area (Å²) in [6, 6.07) is 10.7. The van der Waals surface area contributed by atoms with Crippen LogP contribution in [-0.2, 0) is 11.2 Å². The van der Waals surface area contributed by atoms with Gasteiger partial charge in [0.05, 0.1) is 11.7 Å². The zero-order valence-electron chi connectivity index (χ0n) is 17.1. The first-order valence-corrected chi connectivity index (χ1v) is 10.3. The summed E-state index contributed by atoms with van der Waals surface area (Å²) in [5.74, 6) is 1.03. The number of benzene rings is 1. The van der Waals surface area contributed by atoms with Gasteiger partial charge in [-0.15, -0.1) is 0 Å². The van der Waals surface area contributed by atoms with Gasteiger partial charge in [-0.2, -0.15) is 5.10 Å². The highest BCUT2D eigenvalue weighted by atomic mass is 16.1. The van der Waals surface area contributed by atoms with Crippen molar-refractivity contribution < 1.29 is 4.79 Å². The summed E-state index contributed by atoms with van der Waals surface area (Å²) >= 11 is 0. The van der Waals surface area contributed by atoms with Gasteiger partial charge in [0.15, 0.2) is 0 Å². The zero-order chi connectivity index (χ0) is 20.2. The highest BCUT2D eigenvalue weighted by molar-refractivity contribution is 5.78. The fraction of sp³-hybridized carbons (Fsp3) is 0.435. The standard InChI is InChI=1S/C23H29N5O/c1-28(2)20(11-16-5-8-22-19(10-16)14-26-27-22)15-25-23(29)12-21(17-6-7-17)18-4-3-9-24-13-18/h3-5,8-10,13-14,17,20-21H,6-7,11-12,15H2,1-2H3,(H,25,29)(H,26,27). The smallest absolute Gasteiger partial charge is 0.220 e. The van der Waals surface area contributed by atoms with Crippen LogP contribution in [0.1, 0.15) is 36.3 Å². The molecule has 0 aliphatic heterocycles. The third kappa shape index (κ3) is 5.01. The maximum atomic E-state index is 12.7. The second-order valence-corrected chi connectivity index (χ2v) is 8.35. The predicted molar refractivity (Wildman–Crippen MR) is 115 cm³/mol. The molecular weight excluding hydrogens is 362 g/mol. The first-order valence-electron chi connectivity index (χ1n) is 10.3. The fourth-order valence-corrected chi connectivity index (χ4v) is 3.98. The van der Waals surface area contributed by atoms with E-state index in [1.165, 1.54) is 24.0 Å². The molecule has 1 aliphatic rings. The van der Waals surface area contributed by atoms with Crippen molar-refractivity contribution in [3.05, 3.63) is 60.0 Å². The highest BCUT2D eigenvalue weighted by Gasteiger charge is 2.33. The van der Waals surface area contributed by atoms with Crippen molar-refractivity contribution in [2.75, 3.05) is 20.6 Å². The zero-order valence-corrected chi connectivity index (χ0v) is 17.1. The largest absolute Gasteiger partial charge is 0.355 e. The van der Waals surface area contributed by atoms with E-state index < -0.39 is 0 Å². The maximum Gasteiger partial charge on any atom is 0.220 e. The summed E-state index contributed by atoms with van der Waals surface area (Å²) in [6.07, 6.45) is 9.39. The van der Waals surface area contributed by atoms with E-state index in [-0.39, 0.29) is 17.9 Å². The maximum absolute atomic E-state index is 12.7. The van der Waals surface area contributed by atoms with Crippen LogP contribution in [0.2, 0.25) is 0 Å². The number of aromatic amines is 1. The van der Waals surface area contributed by atoms with Crippen LogP contribution >= 0.6 is 0 Å². The normalized spacial score (nSPS) is 16.1. The summed E-state index contributed by atoms with van der Waals surface area (Å²) < 4.78 is 0. The summed E-state index contributed by atoms with van der Waals surface area (Å²) in [7, 11) is 4.13. The molecule has 2 heterocycles. The third-order valence-electron chi connectivity index (χ3n) is 5.95. The lowest BCUT2D eigenvalue weighted by Crippen LogP contribution is -2.42. The van der Waals surface area contributed by atoms with Gasteiger partial charge in [0, 0.05) is 36.8 Å². The molecule has 1 amide bonds. The molecular formula is C23H29N5O. The Balaban J connectivity index is 1.35. The first kappa shape index (κ1) is 19.6. The SMILES string of the molecule is CN(C)C(CNC(=O)CC(c1cccnc1)C1CC1)Cc1ccc2[nH]ncc2c1. The number of nitrogens with one attached hydrogen (secondary N) is 2. The minimum atomic E-state index is 0.128. The number of carbonyl (C=O) groups excluding carboxylic acids is 1. The number of nitrogens with zero attached hydrogens (tertiary/aromatic N) is 3. The van der Waals surface area contributed by atoms with Gasteiger partial charge in [-0.05, 0) is 74.5 Å². The van der Waals surface area contributed by atoms with Crippen molar-refractivity contribution in [2.24, 2.45) is 5.92 Å². The molecule has 152 valence electrons. The number of amides is 1. The lowest BCUT2D eigenvalue weighted by atomic mass is 9.92. The molecule has 2 N–H and O–H groups in total. The average molecular weight is 392 g/mol. The van der Waals surface area contributed by atoms with Crippen LogP contribution < -0.4 is 5.32 Å². The third-order valence-corrected chi connectivity index (χ3v) is 5.95. The molecule has 1 aliphatic carbocycles. The number of carbonyl (C=O) groups is 1. The second-order valence-electron chi connectivity index (χ2n) is 8.35. The Morgan fingerprint density at radius 1 is 1.28 bits per heavy atom. The van der Waals surface area contributed by atoms with Gasteiger partial charge in [0.2, 0.25) is 5.91 Å². The van der Waals surface area contributed by atoms with E-state index in [2.05, 4.69) is 63.8 Å². The topological polar surface area (TPSA) is 73.9 Å². The Hall–Kier alpha value is -2.73. The molecule has 1 saturated carbocycles. The van der Waals surface area contributed by atoms with Gasteiger partial charge in [0.1, 0.15) is 0 Å². The van der Waals surface area contributed by atoms with E-state index in [1.54, 1.807) is 6.20 Å². The van der Waals surface area contributed by atoms with Gasteiger partial charge < -0.3 is 10.2 Å².